The van der Waals surface area contributed by atoms with Crippen molar-refractivity contribution in [3.8, 4) is 10.6 Å². The van der Waals surface area contributed by atoms with Crippen molar-refractivity contribution in [3.63, 3.8) is 0 Å². The molecule has 0 saturated carbocycles. The summed E-state index contributed by atoms with van der Waals surface area (Å²) in [5, 5.41) is 9.71. The number of nitrogens with one attached hydrogen (secondary N) is 1. The summed E-state index contributed by atoms with van der Waals surface area (Å²) < 4.78 is 1.67. The van der Waals surface area contributed by atoms with Gasteiger partial charge in [-0.2, -0.15) is 5.10 Å². The Labute approximate surface area is 189 Å². The number of piperazine rings is 1. The molecular weight excluding hydrogens is 424 g/mol. The van der Waals surface area contributed by atoms with Crippen LogP contribution in [0.15, 0.2) is 60.4 Å². The zero-order valence-corrected chi connectivity index (χ0v) is 18.4. The maximum atomic E-state index is 13.1. The molecule has 0 bridgehead atoms. The second kappa shape index (κ2) is 8.75. The van der Waals surface area contributed by atoms with Crippen LogP contribution >= 0.6 is 11.3 Å². The summed E-state index contributed by atoms with van der Waals surface area (Å²) >= 11 is 1.62. The molecule has 1 amide bonds. The lowest BCUT2D eigenvalue weighted by Gasteiger charge is -2.35. The quantitative estimate of drug-likeness (QED) is 0.504. The molecule has 9 nitrogen and oxygen atoms in total. The van der Waals surface area contributed by atoms with E-state index in [0.717, 1.165) is 22.2 Å². The zero-order valence-electron chi connectivity index (χ0n) is 17.5. The Hall–Kier alpha value is -3.79. The molecule has 1 saturated heterocycles. The first-order chi connectivity index (χ1) is 15.7. The number of aryl methyl sites for hydroxylation is 1. The van der Waals surface area contributed by atoms with Crippen LogP contribution in [0.2, 0.25) is 0 Å². The molecule has 4 aromatic rings. The van der Waals surface area contributed by atoms with E-state index >= 15 is 0 Å². The van der Waals surface area contributed by atoms with Crippen LogP contribution in [0, 0.1) is 0 Å². The van der Waals surface area contributed by atoms with Crippen molar-refractivity contribution in [2.24, 2.45) is 7.05 Å². The fraction of sp³-hybridized carbons (Fsp3) is 0.227. The second-order valence-electron chi connectivity index (χ2n) is 7.40. The average molecular weight is 447 g/mol. The normalized spacial score (nSPS) is 13.9. The lowest BCUT2D eigenvalue weighted by atomic mass is 10.2. The molecule has 0 aromatic carbocycles. The number of amides is 1. The van der Waals surface area contributed by atoms with Gasteiger partial charge in [0.15, 0.2) is 0 Å². The van der Waals surface area contributed by atoms with Crippen molar-refractivity contribution in [1.82, 2.24) is 29.6 Å². The molecule has 5 heterocycles. The molecule has 1 aliphatic rings. The molecule has 10 heteroatoms. The van der Waals surface area contributed by atoms with Gasteiger partial charge in [0, 0.05) is 45.5 Å². The molecule has 5 rings (SSSR count). The number of hydrogen-bond acceptors (Lipinski definition) is 8. The Kier molecular flexibility index (Phi) is 5.51. The van der Waals surface area contributed by atoms with Crippen LogP contribution in [-0.2, 0) is 7.05 Å². The van der Waals surface area contributed by atoms with Crippen LogP contribution in [0.4, 0.5) is 17.5 Å². The lowest BCUT2D eigenvalue weighted by Crippen LogP contribution is -2.49. The first-order valence-corrected chi connectivity index (χ1v) is 11.2. The van der Waals surface area contributed by atoms with Gasteiger partial charge < -0.3 is 15.1 Å². The number of rotatable bonds is 5. The Bertz CT molecular complexity index is 1200. The summed E-state index contributed by atoms with van der Waals surface area (Å²) in [5.41, 5.74) is 1.43. The van der Waals surface area contributed by atoms with Gasteiger partial charge in [-0.3, -0.25) is 9.48 Å². The van der Waals surface area contributed by atoms with E-state index in [-0.39, 0.29) is 5.91 Å². The first-order valence-electron chi connectivity index (χ1n) is 10.3. The smallest absolute Gasteiger partial charge is 0.272 e. The first kappa shape index (κ1) is 20.1. The van der Waals surface area contributed by atoms with Crippen LogP contribution in [0.5, 0.6) is 0 Å². The molecule has 0 unspecified atom stereocenters. The zero-order chi connectivity index (χ0) is 21.9. The van der Waals surface area contributed by atoms with Crippen LogP contribution in [0.25, 0.3) is 10.6 Å². The highest BCUT2D eigenvalue weighted by molar-refractivity contribution is 7.13. The van der Waals surface area contributed by atoms with E-state index in [1.54, 1.807) is 28.5 Å². The topological polar surface area (TPSA) is 92.1 Å². The molecule has 0 radical (unpaired) electrons. The predicted molar refractivity (Wildman–Crippen MR) is 124 cm³/mol. The van der Waals surface area contributed by atoms with E-state index < -0.39 is 0 Å². The summed E-state index contributed by atoms with van der Waals surface area (Å²) in [6.45, 7) is 2.62. The largest absolute Gasteiger partial charge is 0.353 e. The van der Waals surface area contributed by atoms with E-state index in [4.69, 9.17) is 0 Å². The summed E-state index contributed by atoms with van der Waals surface area (Å²) in [6, 6.07) is 13.4. The summed E-state index contributed by atoms with van der Waals surface area (Å²) in [5.74, 6) is 2.24. The number of carbonyl (C=O) groups excluding carboxylic acids is 1. The molecule has 1 fully saturated rings. The van der Waals surface area contributed by atoms with Gasteiger partial charge in [0.05, 0.1) is 4.88 Å². The highest BCUT2D eigenvalue weighted by Crippen LogP contribution is 2.25. The Balaban J connectivity index is 1.24. The second-order valence-corrected chi connectivity index (χ2v) is 8.34. The molecule has 1 aliphatic heterocycles. The number of nitrogens with zero attached hydrogens (tertiary/aromatic N) is 7. The van der Waals surface area contributed by atoms with E-state index in [0.29, 0.717) is 37.7 Å². The fourth-order valence-corrected chi connectivity index (χ4v) is 4.35. The summed E-state index contributed by atoms with van der Waals surface area (Å²) in [4.78, 5) is 31.2. The van der Waals surface area contributed by atoms with E-state index in [1.165, 1.54) is 0 Å². The van der Waals surface area contributed by atoms with Crippen LogP contribution in [0.1, 0.15) is 10.5 Å². The number of aromatic nitrogens is 5. The third-order valence-corrected chi connectivity index (χ3v) is 6.23. The molecule has 0 atom stereocenters. The standard InChI is InChI=1S/C22H22N8OS/c1-28-17(13-16(27-28)18-5-4-12-32-18)22(31)30-10-8-29(9-11-30)21-14-20(24-15-25-21)26-19-6-2-3-7-23-19/h2-7,12-15H,8-11H2,1H3,(H,23,24,25,26). The molecular formula is C22H22N8OS. The van der Waals surface area contributed by atoms with Gasteiger partial charge in [0.2, 0.25) is 0 Å². The van der Waals surface area contributed by atoms with Crippen molar-refractivity contribution >= 4 is 34.7 Å². The number of anilines is 3. The maximum absolute atomic E-state index is 13.1. The van der Waals surface area contributed by atoms with Gasteiger partial charge in [-0.05, 0) is 29.6 Å². The lowest BCUT2D eigenvalue weighted by molar-refractivity contribution is 0.0735. The highest BCUT2D eigenvalue weighted by atomic mass is 32.1. The average Bonchev–Trinajstić information content (AvgIpc) is 3.50. The van der Waals surface area contributed by atoms with Gasteiger partial charge in [-0.25, -0.2) is 15.0 Å². The molecule has 1 N–H and O–H groups in total. The monoisotopic (exact) mass is 446 g/mol. The third kappa shape index (κ3) is 4.17. The minimum atomic E-state index is 0.00245. The summed E-state index contributed by atoms with van der Waals surface area (Å²) in [7, 11) is 1.82. The number of carbonyl (C=O) groups is 1. The Morgan fingerprint density at radius 2 is 1.88 bits per heavy atom. The summed E-state index contributed by atoms with van der Waals surface area (Å²) in [6.07, 6.45) is 3.27. The SMILES string of the molecule is Cn1nc(-c2cccs2)cc1C(=O)N1CCN(c2cc(Nc3ccccn3)ncn2)CC1. The Morgan fingerprint density at radius 1 is 1.00 bits per heavy atom. The molecule has 4 aromatic heterocycles. The van der Waals surface area contributed by atoms with Crippen molar-refractivity contribution in [3.05, 3.63) is 66.1 Å². The molecule has 162 valence electrons. The minimum Gasteiger partial charge on any atom is -0.353 e. The third-order valence-electron chi connectivity index (χ3n) is 5.34. The van der Waals surface area contributed by atoms with Gasteiger partial charge in [0.25, 0.3) is 5.91 Å². The van der Waals surface area contributed by atoms with Crippen LogP contribution in [0.3, 0.4) is 0 Å². The maximum Gasteiger partial charge on any atom is 0.272 e. The van der Waals surface area contributed by atoms with E-state index in [1.807, 2.05) is 59.8 Å². The minimum absolute atomic E-state index is 0.00245. The predicted octanol–water partition coefficient (Wildman–Crippen LogP) is 3.04. The molecule has 32 heavy (non-hydrogen) atoms. The van der Waals surface area contributed by atoms with Crippen LogP contribution < -0.4 is 10.2 Å². The fourth-order valence-electron chi connectivity index (χ4n) is 3.67. The number of pyridine rings is 1. The number of thiophene rings is 1. The van der Waals surface area contributed by atoms with E-state index in [2.05, 4.69) is 30.3 Å². The van der Waals surface area contributed by atoms with Gasteiger partial charge in [0.1, 0.15) is 35.2 Å². The van der Waals surface area contributed by atoms with Gasteiger partial charge in [-0.1, -0.05) is 12.1 Å². The number of hydrogen-bond donors (Lipinski definition) is 1. The van der Waals surface area contributed by atoms with Gasteiger partial charge >= 0.3 is 0 Å². The van der Waals surface area contributed by atoms with Crippen LogP contribution in [-0.4, -0.2) is 61.7 Å². The van der Waals surface area contributed by atoms with Crippen molar-refractivity contribution < 1.29 is 4.79 Å². The van der Waals surface area contributed by atoms with Gasteiger partial charge in [-0.15, -0.1) is 11.3 Å². The van der Waals surface area contributed by atoms with Crippen molar-refractivity contribution in [2.75, 3.05) is 36.4 Å². The van der Waals surface area contributed by atoms with Crippen molar-refractivity contribution in [2.45, 2.75) is 0 Å². The van der Waals surface area contributed by atoms with E-state index in [9.17, 15) is 4.79 Å². The Morgan fingerprint density at radius 3 is 2.62 bits per heavy atom. The molecule has 0 spiro atoms. The molecule has 0 aliphatic carbocycles. The van der Waals surface area contributed by atoms with Crippen molar-refractivity contribution in [1.29, 1.82) is 0 Å². The highest BCUT2D eigenvalue weighted by Gasteiger charge is 2.25.